The minimum Gasteiger partial charge on any atom is -0.508 e. The number of carboxylic acids is 1. The lowest BCUT2D eigenvalue weighted by atomic mass is 10.0. The molecule has 0 aromatic heterocycles. The Kier molecular flexibility index (Phi) is 9.80. The Labute approximate surface area is 220 Å². The van der Waals surface area contributed by atoms with Gasteiger partial charge in [0, 0.05) is 13.0 Å². The molecule has 7 N–H and O–H groups in total. The summed E-state index contributed by atoms with van der Waals surface area (Å²) in [6, 6.07) is 10.9. The van der Waals surface area contributed by atoms with Crippen LogP contribution in [0.5, 0.6) is 5.75 Å². The molecule has 0 spiro atoms. The summed E-state index contributed by atoms with van der Waals surface area (Å²) in [5.74, 6) is -3.09. The molecule has 1 saturated heterocycles. The van der Waals surface area contributed by atoms with Gasteiger partial charge >= 0.3 is 5.97 Å². The predicted molar refractivity (Wildman–Crippen MR) is 138 cm³/mol. The van der Waals surface area contributed by atoms with E-state index in [4.69, 9.17) is 5.73 Å². The van der Waals surface area contributed by atoms with Crippen LogP contribution in [0, 0.1) is 0 Å². The van der Waals surface area contributed by atoms with Crippen LogP contribution in [0.3, 0.4) is 0 Å². The van der Waals surface area contributed by atoms with Gasteiger partial charge in [-0.15, -0.1) is 0 Å². The van der Waals surface area contributed by atoms with E-state index in [0.29, 0.717) is 18.4 Å². The van der Waals surface area contributed by atoms with Crippen molar-refractivity contribution >= 4 is 23.7 Å². The summed E-state index contributed by atoms with van der Waals surface area (Å²) < 4.78 is 0. The van der Waals surface area contributed by atoms with Crippen LogP contribution in [0.2, 0.25) is 0 Å². The van der Waals surface area contributed by atoms with Gasteiger partial charge < -0.3 is 36.6 Å². The number of aliphatic hydroxyl groups is 1. The number of phenolic OH excluding ortho intramolecular Hbond substituents is 1. The van der Waals surface area contributed by atoms with E-state index in [1.807, 2.05) is 30.3 Å². The third-order valence-corrected chi connectivity index (χ3v) is 6.51. The van der Waals surface area contributed by atoms with Crippen molar-refractivity contribution in [3.05, 3.63) is 65.7 Å². The standard InChI is InChI=1S/C27H34N4O7/c1-16(32)23(27(37)38)30-25(35)22-8-5-13-31(22)26(36)21(15-18-9-11-19(33)12-10-18)29-24(34)20(28)14-17-6-3-2-4-7-17/h2-4,6-7,9-12,16,20-23,32-33H,5,8,13-15,28H2,1H3,(H,29,34)(H,30,35)(H,37,38). The molecule has 2 aromatic rings. The summed E-state index contributed by atoms with van der Waals surface area (Å²) >= 11 is 0. The molecule has 1 fully saturated rings. The van der Waals surface area contributed by atoms with Gasteiger partial charge in [-0.3, -0.25) is 14.4 Å². The van der Waals surface area contributed by atoms with E-state index >= 15 is 0 Å². The lowest BCUT2D eigenvalue weighted by Gasteiger charge is -2.30. The second-order valence-corrected chi connectivity index (χ2v) is 9.48. The normalized spacial score (nSPS) is 18.2. The van der Waals surface area contributed by atoms with Gasteiger partial charge in [-0.05, 0) is 49.4 Å². The van der Waals surface area contributed by atoms with E-state index in [0.717, 1.165) is 5.56 Å². The van der Waals surface area contributed by atoms with E-state index in [2.05, 4.69) is 10.6 Å². The maximum Gasteiger partial charge on any atom is 0.328 e. The zero-order valence-corrected chi connectivity index (χ0v) is 21.1. The maximum absolute atomic E-state index is 13.7. The first-order valence-corrected chi connectivity index (χ1v) is 12.5. The Morgan fingerprint density at radius 3 is 2.24 bits per heavy atom. The van der Waals surface area contributed by atoms with Gasteiger partial charge in [0.15, 0.2) is 6.04 Å². The second kappa shape index (κ2) is 13.0. The molecule has 0 aliphatic carbocycles. The summed E-state index contributed by atoms with van der Waals surface area (Å²) in [6.07, 6.45) is -0.188. The van der Waals surface area contributed by atoms with Crippen LogP contribution in [-0.2, 0) is 32.0 Å². The van der Waals surface area contributed by atoms with Gasteiger partial charge in [-0.1, -0.05) is 42.5 Å². The molecule has 5 atom stereocenters. The first-order chi connectivity index (χ1) is 18.1. The number of likely N-dealkylation sites (tertiary alicyclic amines) is 1. The lowest BCUT2D eigenvalue weighted by molar-refractivity contribution is -0.147. The molecule has 11 nitrogen and oxygen atoms in total. The zero-order valence-electron chi connectivity index (χ0n) is 21.1. The average molecular weight is 527 g/mol. The summed E-state index contributed by atoms with van der Waals surface area (Å²) in [4.78, 5) is 52.4. The highest BCUT2D eigenvalue weighted by atomic mass is 16.4. The van der Waals surface area contributed by atoms with E-state index in [-0.39, 0.29) is 25.1 Å². The molecule has 0 bridgehead atoms. The van der Waals surface area contributed by atoms with Crippen LogP contribution in [-0.4, -0.2) is 80.7 Å². The molecule has 11 heteroatoms. The van der Waals surface area contributed by atoms with Crippen molar-refractivity contribution in [2.24, 2.45) is 5.73 Å². The number of phenols is 1. The average Bonchev–Trinajstić information content (AvgIpc) is 3.38. The van der Waals surface area contributed by atoms with Crippen LogP contribution < -0.4 is 16.4 Å². The Morgan fingerprint density at radius 2 is 1.63 bits per heavy atom. The van der Waals surface area contributed by atoms with E-state index in [1.54, 1.807) is 12.1 Å². The third-order valence-electron chi connectivity index (χ3n) is 6.51. The minimum absolute atomic E-state index is 0.0490. The molecule has 3 rings (SSSR count). The van der Waals surface area contributed by atoms with Crippen molar-refractivity contribution in [2.75, 3.05) is 6.54 Å². The number of carbonyl (C=O) groups is 4. The Balaban J connectivity index is 1.78. The van der Waals surface area contributed by atoms with E-state index < -0.39 is 54.0 Å². The number of hydrogen-bond acceptors (Lipinski definition) is 7. The number of nitrogens with one attached hydrogen (secondary N) is 2. The number of aliphatic carboxylic acids is 1. The number of amides is 3. The first kappa shape index (κ1) is 28.6. The minimum atomic E-state index is -1.52. The zero-order chi connectivity index (χ0) is 27.8. The lowest BCUT2D eigenvalue weighted by Crippen LogP contribution is -2.58. The number of nitrogens with two attached hydrogens (primary N) is 1. The molecular formula is C27H34N4O7. The number of benzene rings is 2. The molecule has 0 saturated carbocycles. The fourth-order valence-electron chi connectivity index (χ4n) is 4.45. The number of carbonyl (C=O) groups excluding carboxylic acids is 3. The molecule has 1 heterocycles. The summed E-state index contributed by atoms with van der Waals surface area (Å²) in [5, 5.41) is 33.7. The van der Waals surface area contributed by atoms with E-state index in [9.17, 15) is 34.5 Å². The Hall–Kier alpha value is -3.96. The molecule has 0 radical (unpaired) electrons. The SMILES string of the molecule is CC(O)C(NC(=O)C1CCCN1C(=O)C(Cc1ccc(O)cc1)NC(=O)C(N)Cc1ccccc1)C(=O)O. The smallest absolute Gasteiger partial charge is 0.328 e. The highest BCUT2D eigenvalue weighted by Gasteiger charge is 2.39. The molecule has 1 aliphatic rings. The van der Waals surface area contributed by atoms with Crippen molar-refractivity contribution < 1.29 is 34.5 Å². The molecular weight excluding hydrogens is 492 g/mol. The highest BCUT2D eigenvalue weighted by Crippen LogP contribution is 2.21. The molecule has 2 aromatic carbocycles. The second-order valence-electron chi connectivity index (χ2n) is 9.48. The van der Waals surface area contributed by atoms with Crippen LogP contribution in [0.25, 0.3) is 0 Å². The van der Waals surface area contributed by atoms with Crippen molar-refractivity contribution in [1.82, 2.24) is 15.5 Å². The van der Waals surface area contributed by atoms with Crippen molar-refractivity contribution in [2.45, 2.75) is 62.9 Å². The molecule has 38 heavy (non-hydrogen) atoms. The van der Waals surface area contributed by atoms with E-state index in [1.165, 1.54) is 24.0 Å². The van der Waals surface area contributed by atoms with Crippen molar-refractivity contribution in [3.8, 4) is 5.75 Å². The third kappa shape index (κ3) is 7.53. The topological polar surface area (TPSA) is 182 Å². The first-order valence-electron chi connectivity index (χ1n) is 12.5. The maximum atomic E-state index is 13.7. The van der Waals surface area contributed by atoms with Gasteiger partial charge in [-0.2, -0.15) is 0 Å². The van der Waals surface area contributed by atoms with Gasteiger partial charge in [-0.25, -0.2) is 4.79 Å². The van der Waals surface area contributed by atoms with Crippen LogP contribution in [0.15, 0.2) is 54.6 Å². The number of nitrogens with zero attached hydrogens (tertiary/aromatic N) is 1. The summed E-state index contributed by atoms with van der Waals surface area (Å²) in [6.45, 7) is 1.49. The monoisotopic (exact) mass is 526 g/mol. The highest BCUT2D eigenvalue weighted by molar-refractivity contribution is 5.94. The molecule has 1 aliphatic heterocycles. The molecule has 3 amide bonds. The summed E-state index contributed by atoms with van der Waals surface area (Å²) in [7, 11) is 0. The molecule has 204 valence electrons. The Bertz CT molecular complexity index is 1120. The van der Waals surface area contributed by atoms with Crippen LogP contribution in [0.1, 0.15) is 30.9 Å². The number of rotatable bonds is 11. The van der Waals surface area contributed by atoms with Crippen molar-refractivity contribution in [1.29, 1.82) is 0 Å². The Morgan fingerprint density at radius 1 is 1.00 bits per heavy atom. The van der Waals surface area contributed by atoms with Crippen LogP contribution >= 0.6 is 0 Å². The predicted octanol–water partition coefficient (Wildman–Crippen LogP) is -0.0693. The largest absolute Gasteiger partial charge is 0.508 e. The summed E-state index contributed by atoms with van der Waals surface area (Å²) in [5.41, 5.74) is 7.66. The van der Waals surface area contributed by atoms with Gasteiger partial charge in [0.2, 0.25) is 17.7 Å². The quantitative estimate of drug-likeness (QED) is 0.235. The number of hydrogen-bond donors (Lipinski definition) is 6. The number of aromatic hydroxyl groups is 1. The number of carboxylic acid groups (broad SMARTS) is 1. The van der Waals surface area contributed by atoms with Crippen molar-refractivity contribution in [3.63, 3.8) is 0 Å². The molecule has 5 unspecified atom stereocenters. The van der Waals surface area contributed by atoms with Gasteiger partial charge in [0.1, 0.15) is 17.8 Å². The van der Waals surface area contributed by atoms with Gasteiger partial charge in [0.25, 0.3) is 0 Å². The fraction of sp³-hybridized carbons (Fsp3) is 0.407. The van der Waals surface area contributed by atoms with Gasteiger partial charge in [0.05, 0.1) is 12.1 Å². The fourth-order valence-corrected chi connectivity index (χ4v) is 4.45. The number of aliphatic hydroxyl groups excluding tert-OH is 1. The van der Waals surface area contributed by atoms with Crippen LogP contribution in [0.4, 0.5) is 0 Å².